The first-order chi connectivity index (χ1) is 11.8. The van der Waals surface area contributed by atoms with Crippen LogP contribution in [0, 0.1) is 0 Å². The summed E-state index contributed by atoms with van der Waals surface area (Å²) >= 11 is 12.5. The summed E-state index contributed by atoms with van der Waals surface area (Å²) in [5.74, 6) is -0.531. The number of nitrogens with zero attached hydrogens (tertiary/aromatic N) is 1. The van der Waals surface area contributed by atoms with E-state index in [-0.39, 0.29) is 30.7 Å². The van der Waals surface area contributed by atoms with Gasteiger partial charge in [0, 0.05) is 30.5 Å². The molecule has 0 aliphatic carbocycles. The summed E-state index contributed by atoms with van der Waals surface area (Å²) in [6.45, 7) is 0.442. The standard InChI is InChI=1S/C17H19Cl2NO5/c1-24-12-4-3-11(18)15(19)14(12)9-5-10-6-17(23,16(22)25-2)7-13(21)20(10)8-9/h3-4,9-10,23H,5-8H2,1-2H3/t9-,10-,17?/m0/s1. The van der Waals surface area contributed by atoms with Crippen LogP contribution in [0.2, 0.25) is 10.0 Å². The minimum Gasteiger partial charge on any atom is -0.496 e. The van der Waals surface area contributed by atoms with Crippen LogP contribution in [-0.4, -0.2) is 54.3 Å². The van der Waals surface area contributed by atoms with Gasteiger partial charge in [0.15, 0.2) is 5.60 Å². The zero-order chi connectivity index (χ0) is 18.4. The molecule has 2 aliphatic rings. The third-order valence-electron chi connectivity index (χ3n) is 5.04. The zero-order valence-electron chi connectivity index (χ0n) is 13.9. The highest BCUT2D eigenvalue weighted by atomic mass is 35.5. The molecule has 0 spiro atoms. The zero-order valence-corrected chi connectivity index (χ0v) is 15.4. The van der Waals surface area contributed by atoms with Gasteiger partial charge < -0.3 is 19.5 Å². The van der Waals surface area contributed by atoms with Crippen molar-refractivity contribution in [2.45, 2.75) is 36.8 Å². The lowest BCUT2D eigenvalue weighted by atomic mass is 9.85. The molecule has 3 atom stereocenters. The molecule has 3 rings (SSSR count). The fourth-order valence-electron chi connectivity index (χ4n) is 3.89. The van der Waals surface area contributed by atoms with E-state index in [2.05, 4.69) is 4.74 Å². The number of hydrogen-bond donors (Lipinski definition) is 1. The Kier molecular flexibility index (Phi) is 4.88. The third-order valence-corrected chi connectivity index (χ3v) is 5.86. The number of esters is 1. The van der Waals surface area contributed by atoms with Crippen LogP contribution < -0.4 is 4.74 Å². The van der Waals surface area contributed by atoms with Crippen molar-refractivity contribution in [3.63, 3.8) is 0 Å². The van der Waals surface area contributed by atoms with Gasteiger partial charge in [0.05, 0.1) is 30.7 Å². The quantitative estimate of drug-likeness (QED) is 0.805. The number of carbonyl (C=O) groups excluding carboxylic acids is 2. The molecule has 0 radical (unpaired) electrons. The molecule has 2 aliphatic heterocycles. The van der Waals surface area contributed by atoms with Crippen molar-refractivity contribution < 1.29 is 24.2 Å². The normalized spacial score (nSPS) is 28.7. The van der Waals surface area contributed by atoms with E-state index < -0.39 is 11.6 Å². The van der Waals surface area contributed by atoms with Gasteiger partial charge >= 0.3 is 5.97 Å². The van der Waals surface area contributed by atoms with Crippen molar-refractivity contribution in [2.75, 3.05) is 20.8 Å². The molecule has 1 unspecified atom stereocenters. The average Bonchev–Trinajstić information content (AvgIpc) is 2.99. The lowest BCUT2D eigenvalue weighted by molar-refractivity contribution is -0.174. The van der Waals surface area contributed by atoms with Crippen LogP contribution in [0.3, 0.4) is 0 Å². The Morgan fingerprint density at radius 1 is 1.36 bits per heavy atom. The maximum Gasteiger partial charge on any atom is 0.338 e. The van der Waals surface area contributed by atoms with Gasteiger partial charge in [0.1, 0.15) is 5.75 Å². The molecule has 1 aromatic carbocycles. The van der Waals surface area contributed by atoms with Crippen LogP contribution in [0.4, 0.5) is 0 Å². The lowest BCUT2D eigenvalue weighted by Gasteiger charge is -2.38. The first-order valence-corrected chi connectivity index (χ1v) is 8.68. The Morgan fingerprint density at radius 3 is 2.72 bits per heavy atom. The van der Waals surface area contributed by atoms with E-state index >= 15 is 0 Å². The SMILES string of the molecule is COC(=O)C1(O)CC(=O)N2C[C@@H](c3c(OC)ccc(Cl)c3Cl)C[C@H]2C1. The fourth-order valence-corrected chi connectivity index (χ4v) is 4.37. The van der Waals surface area contributed by atoms with Gasteiger partial charge in [0.25, 0.3) is 0 Å². The number of benzene rings is 1. The molecule has 2 heterocycles. The first-order valence-electron chi connectivity index (χ1n) is 7.93. The number of rotatable bonds is 3. The van der Waals surface area contributed by atoms with Crippen molar-refractivity contribution in [2.24, 2.45) is 0 Å². The Balaban J connectivity index is 1.91. The number of methoxy groups -OCH3 is 2. The third kappa shape index (κ3) is 3.07. The largest absolute Gasteiger partial charge is 0.496 e. The smallest absolute Gasteiger partial charge is 0.338 e. The Bertz CT molecular complexity index is 725. The number of aliphatic hydroxyl groups is 1. The van der Waals surface area contributed by atoms with Gasteiger partial charge in [0.2, 0.25) is 5.91 Å². The van der Waals surface area contributed by atoms with Gasteiger partial charge in [-0.05, 0) is 18.6 Å². The number of amides is 1. The topological polar surface area (TPSA) is 76.1 Å². The summed E-state index contributed by atoms with van der Waals surface area (Å²) in [5.41, 5.74) is -1.02. The summed E-state index contributed by atoms with van der Waals surface area (Å²) in [7, 11) is 2.75. The molecule has 2 saturated heterocycles. The highest BCUT2D eigenvalue weighted by Gasteiger charge is 2.52. The number of hydrogen-bond acceptors (Lipinski definition) is 5. The molecular formula is C17H19Cl2NO5. The van der Waals surface area contributed by atoms with Gasteiger partial charge in [-0.3, -0.25) is 4.79 Å². The molecule has 136 valence electrons. The van der Waals surface area contributed by atoms with E-state index in [0.717, 1.165) is 5.56 Å². The predicted octanol–water partition coefficient (Wildman–Crippen LogP) is 2.38. The van der Waals surface area contributed by atoms with Gasteiger partial charge in [-0.15, -0.1) is 0 Å². The maximum absolute atomic E-state index is 12.5. The highest BCUT2D eigenvalue weighted by molar-refractivity contribution is 6.42. The number of halogens is 2. The Hall–Kier alpha value is -1.50. The van der Waals surface area contributed by atoms with Crippen LogP contribution in [0.1, 0.15) is 30.7 Å². The monoisotopic (exact) mass is 387 g/mol. The molecule has 25 heavy (non-hydrogen) atoms. The molecule has 2 fully saturated rings. The van der Waals surface area contributed by atoms with Gasteiger partial charge in [-0.25, -0.2) is 4.79 Å². The number of ether oxygens (including phenoxy) is 2. The van der Waals surface area contributed by atoms with Crippen molar-refractivity contribution in [3.05, 3.63) is 27.7 Å². The molecule has 8 heteroatoms. The maximum atomic E-state index is 12.5. The molecule has 1 amide bonds. The molecule has 6 nitrogen and oxygen atoms in total. The number of carbonyl (C=O) groups is 2. The highest BCUT2D eigenvalue weighted by Crippen LogP contribution is 2.46. The first kappa shape index (κ1) is 18.3. The minimum absolute atomic E-state index is 0.0879. The second-order valence-corrected chi connectivity index (χ2v) is 7.30. The van der Waals surface area contributed by atoms with Gasteiger partial charge in [-0.2, -0.15) is 0 Å². The van der Waals surface area contributed by atoms with E-state index in [4.69, 9.17) is 27.9 Å². The van der Waals surface area contributed by atoms with Crippen LogP contribution in [0.15, 0.2) is 12.1 Å². The molecule has 1 aromatic rings. The molecule has 0 bridgehead atoms. The van der Waals surface area contributed by atoms with E-state index in [1.807, 2.05) is 0 Å². The van der Waals surface area contributed by atoms with Crippen molar-refractivity contribution in [1.82, 2.24) is 4.90 Å². The number of fused-ring (bicyclic) bond motifs is 1. The summed E-state index contributed by atoms with van der Waals surface area (Å²) in [5, 5.41) is 11.3. The summed E-state index contributed by atoms with van der Waals surface area (Å²) in [6, 6.07) is 3.14. The van der Waals surface area contributed by atoms with Crippen LogP contribution in [0.25, 0.3) is 0 Å². The molecule has 0 aromatic heterocycles. The average molecular weight is 388 g/mol. The Labute approximate surface area is 155 Å². The van der Waals surface area contributed by atoms with Crippen molar-refractivity contribution in [3.8, 4) is 5.75 Å². The molecular weight excluding hydrogens is 369 g/mol. The van der Waals surface area contributed by atoms with Crippen LogP contribution in [-0.2, 0) is 14.3 Å². The minimum atomic E-state index is -1.77. The van der Waals surface area contributed by atoms with E-state index in [0.29, 0.717) is 28.8 Å². The van der Waals surface area contributed by atoms with E-state index in [1.54, 1.807) is 24.1 Å². The van der Waals surface area contributed by atoms with Gasteiger partial charge in [-0.1, -0.05) is 23.2 Å². The summed E-state index contributed by atoms with van der Waals surface area (Å²) in [6.07, 6.45) is 0.424. The lowest BCUT2D eigenvalue weighted by Crippen LogP contribution is -2.55. The summed E-state index contributed by atoms with van der Waals surface area (Å²) in [4.78, 5) is 26.0. The summed E-state index contributed by atoms with van der Waals surface area (Å²) < 4.78 is 10.1. The van der Waals surface area contributed by atoms with E-state index in [9.17, 15) is 14.7 Å². The second-order valence-electron chi connectivity index (χ2n) is 6.51. The Morgan fingerprint density at radius 2 is 2.08 bits per heavy atom. The number of piperidine rings is 1. The molecule has 1 N–H and O–H groups in total. The predicted molar refractivity (Wildman–Crippen MR) is 92.1 cm³/mol. The van der Waals surface area contributed by atoms with Crippen LogP contribution in [0.5, 0.6) is 5.75 Å². The van der Waals surface area contributed by atoms with E-state index in [1.165, 1.54) is 7.11 Å². The second kappa shape index (κ2) is 6.67. The van der Waals surface area contributed by atoms with Crippen molar-refractivity contribution >= 4 is 35.1 Å². The molecule has 0 saturated carbocycles. The fraction of sp³-hybridized carbons (Fsp3) is 0.529. The van der Waals surface area contributed by atoms with Crippen LogP contribution >= 0.6 is 23.2 Å². The van der Waals surface area contributed by atoms with Crippen molar-refractivity contribution in [1.29, 1.82) is 0 Å².